The van der Waals surface area contributed by atoms with Crippen LogP contribution in [0.2, 0.25) is 5.02 Å². The van der Waals surface area contributed by atoms with Crippen LogP contribution in [0, 0.1) is 0 Å². The van der Waals surface area contributed by atoms with Crippen LogP contribution in [0.1, 0.15) is 0 Å². The van der Waals surface area contributed by atoms with E-state index in [2.05, 4.69) is 20.1 Å². The van der Waals surface area contributed by atoms with Gasteiger partial charge in [0.25, 0.3) is 0 Å². The summed E-state index contributed by atoms with van der Waals surface area (Å²) in [6.07, 6.45) is 5.28. The maximum atomic E-state index is 5.97. The fourth-order valence-corrected chi connectivity index (χ4v) is 2.29. The van der Waals surface area contributed by atoms with E-state index in [9.17, 15) is 0 Å². The summed E-state index contributed by atoms with van der Waals surface area (Å²) in [7, 11) is 0. The molecule has 0 bridgehead atoms. The first-order chi connectivity index (χ1) is 9.31. The fourth-order valence-electron chi connectivity index (χ4n) is 2.11. The first kappa shape index (κ1) is 10.5. The molecule has 1 N–H and O–H groups in total. The Hall–Kier alpha value is -2.40. The second-order valence-corrected chi connectivity index (χ2v) is 4.64. The first-order valence-corrected chi connectivity index (χ1v) is 6.13. The molecule has 6 heteroatoms. The minimum absolute atomic E-state index is 0.685. The SMILES string of the molecule is Clc1ccc2c(cnn2-c2cnc3[nH]ccc3n2)c1. The molecule has 19 heavy (non-hydrogen) atoms. The highest BCUT2D eigenvalue weighted by atomic mass is 35.5. The van der Waals surface area contributed by atoms with Crippen molar-refractivity contribution in [2.24, 2.45) is 0 Å². The van der Waals surface area contributed by atoms with E-state index in [0.717, 1.165) is 22.1 Å². The van der Waals surface area contributed by atoms with Crippen LogP contribution in [0.4, 0.5) is 0 Å². The lowest BCUT2D eigenvalue weighted by Gasteiger charge is -2.02. The summed E-state index contributed by atoms with van der Waals surface area (Å²) in [6, 6.07) is 7.52. The van der Waals surface area contributed by atoms with E-state index >= 15 is 0 Å². The molecule has 0 amide bonds. The number of aromatic nitrogens is 5. The minimum Gasteiger partial charge on any atom is -0.345 e. The Balaban J connectivity index is 1.97. The topological polar surface area (TPSA) is 59.4 Å². The van der Waals surface area contributed by atoms with E-state index < -0.39 is 0 Å². The maximum absolute atomic E-state index is 5.97. The van der Waals surface area contributed by atoms with Crippen LogP contribution < -0.4 is 0 Å². The second-order valence-electron chi connectivity index (χ2n) is 4.20. The number of fused-ring (bicyclic) bond motifs is 2. The summed E-state index contributed by atoms with van der Waals surface area (Å²) in [4.78, 5) is 11.9. The van der Waals surface area contributed by atoms with Crippen molar-refractivity contribution >= 4 is 33.7 Å². The number of aromatic amines is 1. The third-order valence-electron chi connectivity index (χ3n) is 3.00. The van der Waals surface area contributed by atoms with Crippen LogP contribution in [-0.2, 0) is 0 Å². The van der Waals surface area contributed by atoms with Crippen LogP contribution in [0.25, 0.3) is 27.9 Å². The number of hydrogen-bond acceptors (Lipinski definition) is 3. The summed E-state index contributed by atoms with van der Waals surface area (Å²) in [5.74, 6) is 0.685. The quantitative estimate of drug-likeness (QED) is 0.578. The van der Waals surface area contributed by atoms with Crippen LogP contribution in [0.15, 0.2) is 42.9 Å². The standard InChI is InChI=1S/C13H8ClN5/c14-9-1-2-11-8(5-9)6-17-19(11)12-7-16-13-10(18-12)3-4-15-13/h1-7H,(H,15,16). The van der Waals surface area contributed by atoms with E-state index in [1.165, 1.54) is 0 Å². The molecule has 0 saturated heterocycles. The molecule has 92 valence electrons. The molecule has 0 atom stereocenters. The maximum Gasteiger partial charge on any atom is 0.173 e. The van der Waals surface area contributed by atoms with Crippen molar-refractivity contribution in [3.63, 3.8) is 0 Å². The summed E-state index contributed by atoms with van der Waals surface area (Å²) < 4.78 is 1.76. The predicted octanol–water partition coefficient (Wildman–Crippen LogP) is 2.95. The minimum atomic E-state index is 0.685. The van der Waals surface area contributed by atoms with Gasteiger partial charge in [-0.25, -0.2) is 14.6 Å². The number of hydrogen-bond donors (Lipinski definition) is 1. The summed E-state index contributed by atoms with van der Waals surface area (Å²) >= 11 is 5.97. The molecule has 1 aromatic carbocycles. The Kier molecular flexibility index (Phi) is 2.10. The van der Waals surface area contributed by atoms with Gasteiger partial charge in [-0.05, 0) is 24.3 Å². The second kappa shape index (κ2) is 3.80. The predicted molar refractivity (Wildman–Crippen MR) is 73.5 cm³/mol. The number of nitrogens with one attached hydrogen (secondary N) is 1. The van der Waals surface area contributed by atoms with E-state index in [0.29, 0.717) is 10.8 Å². The van der Waals surface area contributed by atoms with Crippen molar-refractivity contribution < 1.29 is 0 Å². The number of rotatable bonds is 1. The van der Waals surface area contributed by atoms with Crippen molar-refractivity contribution in [1.29, 1.82) is 0 Å². The molecule has 0 aliphatic carbocycles. The van der Waals surface area contributed by atoms with Crippen molar-refractivity contribution in [2.75, 3.05) is 0 Å². The fraction of sp³-hybridized carbons (Fsp3) is 0. The summed E-state index contributed by atoms with van der Waals surface area (Å²) in [5, 5.41) is 6.01. The molecular weight excluding hydrogens is 262 g/mol. The number of H-pyrrole nitrogens is 1. The molecule has 0 spiro atoms. The zero-order valence-electron chi connectivity index (χ0n) is 9.71. The molecular formula is C13H8ClN5. The first-order valence-electron chi connectivity index (χ1n) is 5.75. The van der Waals surface area contributed by atoms with Crippen LogP contribution in [-0.4, -0.2) is 24.7 Å². The molecule has 4 rings (SSSR count). The van der Waals surface area contributed by atoms with Gasteiger partial charge in [0.05, 0.1) is 17.9 Å². The molecule has 0 fully saturated rings. The summed E-state index contributed by atoms with van der Waals surface area (Å²) in [6.45, 7) is 0. The third-order valence-corrected chi connectivity index (χ3v) is 3.23. The van der Waals surface area contributed by atoms with Crippen molar-refractivity contribution in [3.8, 4) is 5.82 Å². The molecule has 0 aliphatic rings. The Bertz CT molecular complexity index is 892. The van der Waals surface area contributed by atoms with Crippen LogP contribution >= 0.6 is 11.6 Å². The molecule has 0 aliphatic heterocycles. The average molecular weight is 270 g/mol. The zero-order valence-corrected chi connectivity index (χ0v) is 10.5. The highest BCUT2D eigenvalue weighted by Crippen LogP contribution is 2.21. The van der Waals surface area contributed by atoms with E-state index in [-0.39, 0.29) is 0 Å². The van der Waals surface area contributed by atoms with Gasteiger partial charge < -0.3 is 4.98 Å². The molecule has 3 aromatic heterocycles. The van der Waals surface area contributed by atoms with Gasteiger partial charge in [0.15, 0.2) is 11.5 Å². The molecule has 0 saturated carbocycles. The molecule has 5 nitrogen and oxygen atoms in total. The van der Waals surface area contributed by atoms with Gasteiger partial charge in [-0.2, -0.15) is 5.10 Å². The van der Waals surface area contributed by atoms with Gasteiger partial charge in [-0.1, -0.05) is 11.6 Å². The monoisotopic (exact) mass is 269 g/mol. The number of halogens is 1. The lowest BCUT2D eigenvalue weighted by molar-refractivity contribution is 0.873. The highest BCUT2D eigenvalue weighted by molar-refractivity contribution is 6.31. The Morgan fingerprint density at radius 1 is 1.16 bits per heavy atom. The van der Waals surface area contributed by atoms with Crippen molar-refractivity contribution in [1.82, 2.24) is 24.7 Å². The average Bonchev–Trinajstić information content (AvgIpc) is 3.02. The van der Waals surface area contributed by atoms with E-state index in [1.807, 2.05) is 30.5 Å². The Labute approximate surface area is 112 Å². The largest absolute Gasteiger partial charge is 0.345 e. The molecule has 0 radical (unpaired) electrons. The van der Waals surface area contributed by atoms with Gasteiger partial charge in [0, 0.05) is 16.6 Å². The van der Waals surface area contributed by atoms with Crippen LogP contribution in [0.5, 0.6) is 0 Å². The van der Waals surface area contributed by atoms with Gasteiger partial charge in [-0.15, -0.1) is 0 Å². The van der Waals surface area contributed by atoms with Gasteiger partial charge in [0.2, 0.25) is 0 Å². The smallest absolute Gasteiger partial charge is 0.173 e. The van der Waals surface area contributed by atoms with Crippen molar-refractivity contribution in [2.45, 2.75) is 0 Å². The Morgan fingerprint density at radius 2 is 2.11 bits per heavy atom. The van der Waals surface area contributed by atoms with Crippen LogP contribution in [0.3, 0.4) is 0 Å². The van der Waals surface area contributed by atoms with E-state index in [4.69, 9.17) is 11.6 Å². The number of nitrogens with zero attached hydrogens (tertiary/aromatic N) is 4. The summed E-state index contributed by atoms with van der Waals surface area (Å²) in [5.41, 5.74) is 2.53. The highest BCUT2D eigenvalue weighted by Gasteiger charge is 2.08. The Morgan fingerprint density at radius 3 is 3.05 bits per heavy atom. The molecule has 4 aromatic rings. The van der Waals surface area contributed by atoms with Gasteiger partial charge in [-0.3, -0.25) is 0 Å². The third kappa shape index (κ3) is 1.59. The van der Waals surface area contributed by atoms with E-state index in [1.54, 1.807) is 17.1 Å². The lowest BCUT2D eigenvalue weighted by Crippen LogP contribution is -2.00. The van der Waals surface area contributed by atoms with Gasteiger partial charge in [0.1, 0.15) is 5.52 Å². The van der Waals surface area contributed by atoms with Gasteiger partial charge >= 0.3 is 0 Å². The molecule has 0 unspecified atom stereocenters. The van der Waals surface area contributed by atoms with Crippen molar-refractivity contribution in [3.05, 3.63) is 47.9 Å². The molecule has 3 heterocycles. The zero-order chi connectivity index (χ0) is 12.8. The normalized spacial score (nSPS) is 11.4. The lowest BCUT2D eigenvalue weighted by atomic mass is 10.2. The number of benzene rings is 1.